The van der Waals surface area contributed by atoms with Gasteiger partial charge in [0, 0.05) is 16.5 Å². The molecule has 0 aliphatic carbocycles. The largest absolute Gasteiger partial charge is 0.454 e. The summed E-state index contributed by atoms with van der Waals surface area (Å²) in [5.74, 6) is -0.372. The van der Waals surface area contributed by atoms with Gasteiger partial charge in [0.05, 0.1) is 16.8 Å². The Bertz CT molecular complexity index is 1600. The van der Waals surface area contributed by atoms with E-state index in [0.29, 0.717) is 33.6 Å². The number of aromatic nitrogens is 1. The molecule has 0 spiro atoms. The number of rotatable bonds is 7. The third-order valence-electron chi connectivity index (χ3n) is 6.71. The van der Waals surface area contributed by atoms with Gasteiger partial charge in [-0.1, -0.05) is 104 Å². The summed E-state index contributed by atoms with van der Waals surface area (Å²) < 4.78 is 5.53. The van der Waals surface area contributed by atoms with Gasteiger partial charge in [-0.2, -0.15) is 0 Å². The molecule has 0 amide bonds. The number of benzene rings is 4. The molecule has 0 aliphatic heterocycles. The molecule has 38 heavy (non-hydrogen) atoms. The fraction of sp³-hybridized carbons (Fsp3) is 0.147. The van der Waals surface area contributed by atoms with E-state index in [-0.39, 0.29) is 12.4 Å². The van der Waals surface area contributed by atoms with E-state index in [2.05, 4.69) is 26.0 Å². The number of aryl methyl sites for hydroxylation is 1. The highest BCUT2D eigenvalue weighted by molar-refractivity contribution is 6.06. The van der Waals surface area contributed by atoms with Gasteiger partial charge in [0.1, 0.15) is 0 Å². The minimum absolute atomic E-state index is 0.253. The molecular formula is C34H29NO3. The van der Waals surface area contributed by atoms with Crippen LogP contribution in [0.25, 0.3) is 33.3 Å². The lowest BCUT2D eigenvalue weighted by Gasteiger charge is -2.12. The molecule has 188 valence electrons. The minimum Gasteiger partial charge on any atom is -0.454 e. The number of carbonyl (C=O) groups excluding carboxylic acids is 2. The topological polar surface area (TPSA) is 56.3 Å². The van der Waals surface area contributed by atoms with Gasteiger partial charge in [0.2, 0.25) is 0 Å². The van der Waals surface area contributed by atoms with E-state index in [1.54, 1.807) is 18.2 Å². The molecule has 4 heteroatoms. The molecule has 4 nitrogen and oxygen atoms in total. The molecule has 0 unspecified atom stereocenters. The van der Waals surface area contributed by atoms with Crippen LogP contribution in [0.15, 0.2) is 103 Å². The lowest BCUT2D eigenvalue weighted by atomic mass is 9.99. The number of fused-ring (bicyclic) bond motifs is 1. The molecule has 0 bridgehead atoms. The predicted molar refractivity (Wildman–Crippen MR) is 152 cm³/mol. The SMILES string of the molecule is Cc1ccc2nc(-c3ccc(C(C)C)cc3)cc(C(=O)OCC(=O)c3ccc(-c4ccccc4)cc3)c2c1. The monoisotopic (exact) mass is 499 g/mol. The van der Waals surface area contributed by atoms with Crippen LogP contribution < -0.4 is 0 Å². The van der Waals surface area contributed by atoms with Crippen molar-refractivity contribution in [1.29, 1.82) is 0 Å². The summed E-state index contributed by atoms with van der Waals surface area (Å²) in [5, 5.41) is 0.706. The fourth-order valence-electron chi connectivity index (χ4n) is 4.47. The van der Waals surface area contributed by atoms with Crippen molar-refractivity contribution in [3.8, 4) is 22.4 Å². The number of Topliss-reactive ketones (excluding diaryl/α,β-unsaturated/α-hetero) is 1. The number of carbonyl (C=O) groups is 2. The molecule has 0 aliphatic rings. The predicted octanol–water partition coefficient (Wildman–Crippen LogP) is 8.04. The Balaban J connectivity index is 1.38. The standard InChI is InChI=1S/C34H29NO3/c1-22(2)24-10-14-27(15-11-24)32-20-30(29-19-23(3)9-18-31(29)35-32)34(37)38-21-33(36)28-16-12-26(13-17-28)25-7-5-4-6-8-25/h4-20,22H,21H2,1-3H3. The maximum atomic E-state index is 13.3. The van der Waals surface area contributed by atoms with Crippen LogP contribution in [0.3, 0.4) is 0 Å². The van der Waals surface area contributed by atoms with Gasteiger partial charge < -0.3 is 4.74 Å². The molecule has 5 aromatic rings. The van der Waals surface area contributed by atoms with Gasteiger partial charge >= 0.3 is 5.97 Å². The van der Waals surface area contributed by atoms with Crippen molar-refractivity contribution in [3.05, 3.63) is 125 Å². The van der Waals surface area contributed by atoms with E-state index in [1.807, 2.05) is 79.7 Å². The first-order valence-electron chi connectivity index (χ1n) is 12.8. The summed E-state index contributed by atoms with van der Waals surface area (Å²) in [5.41, 5.74) is 7.55. The van der Waals surface area contributed by atoms with E-state index in [1.165, 1.54) is 5.56 Å². The van der Waals surface area contributed by atoms with Crippen LogP contribution in [0.1, 0.15) is 51.6 Å². The number of pyridine rings is 1. The van der Waals surface area contributed by atoms with Crippen LogP contribution in [-0.2, 0) is 4.74 Å². The van der Waals surface area contributed by atoms with Gasteiger partial charge in [-0.25, -0.2) is 9.78 Å². The summed E-state index contributed by atoms with van der Waals surface area (Å²) >= 11 is 0. The van der Waals surface area contributed by atoms with Crippen molar-refractivity contribution in [3.63, 3.8) is 0 Å². The second kappa shape index (κ2) is 10.8. The van der Waals surface area contributed by atoms with Gasteiger partial charge in [-0.15, -0.1) is 0 Å². The number of ketones is 1. The molecule has 1 heterocycles. The Hall–Kier alpha value is -4.57. The van der Waals surface area contributed by atoms with Crippen molar-refractivity contribution in [2.45, 2.75) is 26.7 Å². The summed E-state index contributed by atoms with van der Waals surface area (Å²) in [6.45, 7) is 5.94. The Morgan fingerprint density at radius 1 is 0.763 bits per heavy atom. The van der Waals surface area contributed by atoms with Crippen molar-refractivity contribution in [2.24, 2.45) is 0 Å². The molecule has 0 fully saturated rings. The maximum Gasteiger partial charge on any atom is 0.339 e. The van der Waals surface area contributed by atoms with Crippen LogP contribution >= 0.6 is 0 Å². The first-order chi connectivity index (χ1) is 18.4. The van der Waals surface area contributed by atoms with Crippen LogP contribution in [0, 0.1) is 6.92 Å². The van der Waals surface area contributed by atoms with Gasteiger partial charge in [0.15, 0.2) is 12.4 Å². The summed E-state index contributed by atoms with van der Waals surface area (Å²) in [6, 6.07) is 33.1. The zero-order valence-corrected chi connectivity index (χ0v) is 21.8. The molecule has 0 N–H and O–H groups in total. The summed E-state index contributed by atoms with van der Waals surface area (Å²) in [7, 11) is 0. The lowest BCUT2D eigenvalue weighted by Crippen LogP contribution is -2.15. The number of ether oxygens (including phenoxy) is 1. The third kappa shape index (κ3) is 5.40. The molecule has 4 aromatic carbocycles. The highest BCUT2D eigenvalue weighted by Gasteiger charge is 2.18. The molecule has 0 radical (unpaired) electrons. The van der Waals surface area contributed by atoms with Crippen LogP contribution in [0.2, 0.25) is 0 Å². The average molecular weight is 500 g/mol. The number of esters is 1. The smallest absolute Gasteiger partial charge is 0.339 e. The van der Waals surface area contributed by atoms with Crippen molar-refractivity contribution >= 4 is 22.7 Å². The molecule has 0 saturated heterocycles. The van der Waals surface area contributed by atoms with Crippen LogP contribution in [0.4, 0.5) is 0 Å². The zero-order chi connectivity index (χ0) is 26.6. The molecule has 0 atom stereocenters. The quantitative estimate of drug-likeness (QED) is 0.168. The van der Waals surface area contributed by atoms with E-state index in [4.69, 9.17) is 9.72 Å². The summed E-state index contributed by atoms with van der Waals surface area (Å²) in [6.07, 6.45) is 0. The first kappa shape index (κ1) is 25.1. The summed E-state index contributed by atoms with van der Waals surface area (Å²) in [4.78, 5) is 30.9. The highest BCUT2D eigenvalue weighted by atomic mass is 16.5. The second-order valence-corrected chi connectivity index (χ2v) is 9.80. The number of hydrogen-bond acceptors (Lipinski definition) is 4. The van der Waals surface area contributed by atoms with E-state index in [0.717, 1.165) is 22.3 Å². The van der Waals surface area contributed by atoms with Gasteiger partial charge in [-0.05, 0) is 47.7 Å². The normalized spacial score (nSPS) is 11.1. The Kier molecular flexibility index (Phi) is 7.14. The average Bonchev–Trinajstić information content (AvgIpc) is 2.95. The molecular weight excluding hydrogens is 470 g/mol. The first-order valence-corrected chi connectivity index (χ1v) is 12.8. The fourth-order valence-corrected chi connectivity index (χ4v) is 4.47. The second-order valence-electron chi connectivity index (χ2n) is 9.80. The Morgan fingerprint density at radius 2 is 1.42 bits per heavy atom. The van der Waals surface area contributed by atoms with Crippen molar-refractivity contribution < 1.29 is 14.3 Å². The van der Waals surface area contributed by atoms with E-state index < -0.39 is 5.97 Å². The van der Waals surface area contributed by atoms with E-state index >= 15 is 0 Å². The Morgan fingerprint density at radius 3 is 2.11 bits per heavy atom. The van der Waals surface area contributed by atoms with Gasteiger partial charge in [0.25, 0.3) is 0 Å². The molecule has 1 aromatic heterocycles. The van der Waals surface area contributed by atoms with Crippen molar-refractivity contribution in [2.75, 3.05) is 6.61 Å². The van der Waals surface area contributed by atoms with Crippen LogP contribution in [-0.4, -0.2) is 23.3 Å². The number of hydrogen-bond donors (Lipinski definition) is 0. The lowest BCUT2D eigenvalue weighted by molar-refractivity contribution is 0.0476. The molecule has 0 saturated carbocycles. The van der Waals surface area contributed by atoms with Gasteiger partial charge in [-0.3, -0.25) is 4.79 Å². The highest BCUT2D eigenvalue weighted by Crippen LogP contribution is 2.28. The zero-order valence-electron chi connectivity index (χ0n) is 21.8. The van der Waals surface area contributed by atoms with Crippen LogP contribution in [0.5, 0.6) is 0 Å². The molecule has 5 rings (SSSR count). The van der Waals surface area contributed by atoms with E-state index in [9.17, 15) is 9.59 Å². The van der Waals surface area contributed by atoms with Crippen molar-refractivity contribution in [1.82, 2.24) is 4.98 Å². The third-order valence-corrected chi connectivity index (χ3v) is 6.71. The maximum absolute atomic E-state index is 13.3. The Labute approximate surface area is 222 Å². The minimum atomic E-state index is -0.544. The number of nitrogens with zero attached hydrogens (tertiary/aromatic N) is 1.